The molecule has 2 aromatic carbocycles. The second-order valence-electron chi connectivity index (χ2n) is 7.67. The van der Waals surface area contributed by atoms with Crippen molar-refractivity contribution < 1.29 is 23.5 Å². The molecule has 0 bridgehead atoms. The summed E-state index contributed by atoms with van der Waals surface area (Å²) < 4.78 is 16.9. The minimum Gasteiger partial charge on any atom is -0.490 e. The number of ether oxygens (including phenoxy) is 2. The molecule has 5 rings (SSSR count). The third kappa shape index (κ3) is 3.39. The molecule has 1 unspecified atom stereocenters. The van der Waals surface area contributed by atoms with Crippen molar-refractivity contribution in [2.45, 2.75) is 25.4 Å². The molecule has 0 aliphatic carbocycles. The van der Waals surface area contributed by atoms with Crippen LogP contribution in [0.1, 0.15) is 24.6 Å². The van der Waals surface area contributed by atoms with Crippen molar-refractivity contribution in [3.05, 3.63) is 66.1 Å². The second-order valence-corrected chi connectivity index (χ2v) is 7.67. The standard InChI is InChI=1S/C23H21N3O5/c1-23(16-8-9-18-19(12-16)30-11-5-10-29-18)21(27)26(22(28)25-23)13-17-14-31-20(24-17)15-6-3-2-4-7-15/h2-4,6-9,12,14H,5,10-11,13H2,1H3,(H,25,28). The van der Waals surface area contributed by atoms with Crippen LogP contribution in [0, 0.1) is 0 Å². The van der Waals surface area contributed by atoms with Gasteiger partial charge >= 0.3 is 6.03 Å². The number of fused-ring (bicyclic) bond motifs is 1. The fourth-order valence-corrected chi connectivity index (χ4v) is 3.77. The Balaban J connectivity index is 1.38. The van der Waals surface area contributed by atoms with E-state index >= 15 is 0 Å². The molecule has 1 aromatic heterocycles. The number of carbonyl (C=O) groups is 2. The summed E-state index contributed by atoms with van der Waals surface area (Å²) in [7, 11) is 0. The maximum Gasteiger partial charge on any atom is 0.325 e. The summed E-state index contributed by atoms with van der Waals surface area (Å²) in [6.07, 6.45) is 2.25. The fraction of sp³-hybridized carbons (Fsp3) is 0.261. The van der Waals surface area contributed by atoms with E-state index in [0.717, 1.165) is 16.9 Å². The Morgan fingerprint density at radius 2 is 1.84 bits per heavy atom. The van der Waals surface area contributed by atoms with Crippen LogP contribution in [-0.2, 0) is 16.9 Å². The van der Waals surface area contributed by atoms with Gasteiger partial charge < -0.3 is 19.2 Å². The predicted octanol–water partition coefficient (Wildman–Crippen LogP) is 3.47. The average Bonchev–Trinajstić information content (AvgIpc) is 3.23. The first-order valence-electron chi connectivity index (χ1n) is 10.1. The van der Waals surface area contributed by atoms with Crippen LogP contribution in [0.3, 0.4) is 0 Å². The number of imide groups is 1. The summed E-state index contributed by atoms with van der Waals surface area (Å²) >= 11 is 0. The third-order valence-corrected chi connectivity index (χ3v) is 5.49. The zero-order chi connectivity index (χ0) is 21.4. The molecule has 8 heteroatoms. The summed E-state index contributed by atoms with van der Waals surface area (Å²) in [5, 5.41) is 2.81. The number of oxazole rings is 1. The first-order valence-corrected chi connectivity index (χ1v) is 10.1. The Hall–Kier alpha value is -3.81. The maximum absolute atomic E-state index is 13.3. The van der Waals surface area contributed by atoms with Crippen LogP contribution in [0.5, 0.6) is 11.5 Å². The Labute approximate surface area is 178 Å². The van der Waals surface area contributed by atoms with Gasteiger partial charge in [-0.3, -0.25) is 9.69 Å². The number of urea groups is 1. The quantitative estimate of drug-likeness (QED) is 0.651. The number of aromatic nitrogens is 1. The van der Waals surface area contributed by atoms with Crippen LogP contribution in [0.4, 0.5) is 4.79 Å². The Morgan fingerprint density at radius 3 is 2.65 bits per heavy atom. The average molecular weight is 419 g/mol. The number of nitrogens with one attached hydrogen (secondary N) is 1. The summed E-state index contributed by atoms with van der Waals surface area (Å²) in [5.41, 5.74) is 0.726. The van der Waals surface area contributed by atoms with Gasteiger partial charge in [-0.2, -0.15) is 0 Å². The van der Waals surface area contributed by atoms with Gasteiger partial charge in [-0.25, -0.2) is 9.78 Å². The molecule has 3 heterocycles. The monoisotopic (exact) mass is 419 g/mol. The van der Waals surface area contributed by atoms with Gasteiger partial charge in [-0.05, 0) is 36.8 Å². The van der Waals surface area contributed by atoms with Crippen LogP contribution >= 0.6 is 0 Å². The molecule has 1 N–H and O–H groups in total. The molecule has 2 aliphatic heterocycles. The highest BCUT2D eigenvalue weighted by Crippen LogP contribution is 2.37. The second kappa shape index (κ2) is 7.46. The highest BCUT2D eigenvalue weighted by Gasteiger charge is 2.49. The Bertz CT molecular complexity index is 1140. The number of rotatable bonds is 4. The fourth-order valence-electron chi connectivity index (χ4n) is 3.77. The van der Waals surface area contributed by atoms with Crippen molar-refractivity contribution >= 4 is 11.9 Å². The smallest absolute Gasteiger partial charge is 0.325 e. The molecule has 0 saturated carbocycles. The first-order chi connectivity index (χ1) is 15.0. The van der Waals surface area contributed by atoms with Crippen molar-refractivity contribution in [2.75, 3.05) is 13.2 Å². The molecule has 8 nitrogen and oxygen atoms in total. The molecule has 3 aromatic rings. The lowest BCUT2D eigenvalue weighted by Crippen LogP contribution is -2.40. The third-order valence-electron chi connectivity index (χ3n) is 5.49. The van der Waals surface area contributed by atoms with Gasteiger partial charge in [0.05, 0.1) is 25.5 Å². The van der Waals surface area contributed by atoms with Gasteiger partial charge in [0, 0.05) is 12.0 Å². The number of carbonyl (C=O) groups excluding carboxylic acids is 2. The molecule has 1 atom stereocenters. The number of amides is 3. The molecule has 31 heavy (non-hydrogen) atoms. The highest BCUT2D eigenvalue weighted by atomic mass is 16.5. The van der Waals surface area contributed by atoms with E-state index in [-0.39, 0.29) is 12.5 Å². The molecular weight excluding hydrogens is 398 g/mol. The number of hydrogen-bond acceptors (Lipinski definition) is 6. The van der Waals surface area contributed by atoms with Crippen molar-refractivity contribution in [1.82, 2.24) is 15.2 Å². The van der Waals surface area contributed by atoms with E-state index < -0.39 is 11.6 Å². The topological polar surface area (TPSA) is 93.9 Å². The minimum absolute atomic E-state index is 0.0150. The molecule has 158 valence electrons. The summed E-state index contributed by atoms with van der Waals surface area (Å²) in [4.78, 5) is 31.5. The van der Waals surface area contributed by atoms with Gasteiger partial charge in [0.15, 0.2) is 11.5 Å². The lowest BCUT2D eigenvalue weighted by Gasteiger charge is -2.23. The lowest BCUT2D eigenvalue weighted by atomic mass is 9.91. The van der Waals surface area contributed by atoms with Crippen LogP contribution < -0.4 is 14.8 Å². The molecule has 1 saturated heterocycles. The van der Waals surface area contributed by atoms with Crippen molar-refractivity contribution in [1.29, 1.82) is 0 Å². The van der Waals surface area contributed by atoms with Crippen LogP contribution in [0.2, 0.25) is 0 Å². The maximum atomic E-state index is 13.3. The van der Waals surface area contributed by atoms with Crippen LogP contribution in [0.15, 0.2) is 59.2 Å². The van der Waals surface area contributed by atoms with Crippen molar-refractivity contribution in [3.63, 3.8) is 0 Å². The zero-order valence-corrected chi connectivity index (χ0v) is 17.0. The minimum atomic E-state index is -1.21. The summed E-state index contributed by atoms with van der Waals surface area (Å²) in [6, 6.07) is 14.3. The zero-order valence-electron chi connectivity index (χ0n) is 17.0. The molecular formula is C23H21N3O5. The van der Waals surface area contributed by atoms with Crippen molar-refractivity contribution in [3.8, 4) is 23.0 Å². The van der Waals surface area contributed by atoms with Gasteiger partial charge in [0.1, 0.15) is 11.8 Å². The predicted molar refractivity (Wildman–Crippen MR) is 110 cm³/mol. The molecule has 1 fully saturated rings. The van der Waals surface area contributed by atoms with E-state index in [9.17, 15) is 9.59 Å². The lowest BCUT2D eigenvalue weighted by molar-refractivity contribution is -0.131. The number of nitrogens with zero attached hydrogens (tertiary/aromatic N) is 2. The largest absolute Gasteiger partial charge is 0.490 e. The number of benzene rings is 2. The van der Waals surface area contributed by atoms with E-state index in [2.05, 4.69) is 10.3 Å². The van der Waals surface area contributed by atoms with Crippen LogP contribution in [0.25, 0.3) is 11.5 Å². The van der Waals surface area contributed by atoms with Gasteiger partial charge in [0.2, 0.25) is 5.89 Å². The molecule has 0 spiro atoms. The van der Waals surface area contributed by atoms with E-state index in [1.54, 1.807) is 25.1 Å². The normalized spacial score (nSPS) is 20.5. The summed E-state index contributed by atoms with van der Waals surface area (Å²) in [6.45, 7) is 2.82. The number of hydrogen-bond donors (Lipinski definition) is 1. The van der Waals surface area contributed by atoms with E-state index in [1.165, 1.54) is 6.26 Å². The van der Waals surface area contributed by atoms with E-state index in [4.69, 9.17) is 13.9 Å². The van der Waals surface area contributed by atoms with Gasteiger partial charge in [-0.15, -0.1) is 0 Å². The molecule has 2 aliphatic rings. The van der Waals surface area contributed by atoms with Gasteiger partial charge in [0.25, 0.3) is 5.91 Å². The summed E-state index contributed by atoms with van der Waals surface area (Å²) in [5.74, 6) is 1.28. The Kier molecular flexibility index (Phi) is 4.62. The first kappa shape index (κ1) is 19.2. The van der Waals surface area contributed by atoms with Crippen molar-refractivity contribution in [2.24, 2.45) is 0 Å². The SMILES string of the molecule is CC1(c2ccc3c(c2)OCCCO3)NC(=O)N(Cc2coc(-c3ccccc3)n2)C1=O. The van der Waals surface area contributed by atoms with E-state index in [0.29, 0.717) is 41.9 Å². The van der Waals surface area contributed by atoms with Crippen LogP contribution in [-0.4, -0.2) is 35.0 Å². The Morgan fingerprint density at radius 1 is 1.06 bits per heavy atom. The highest BCUT2D eigenvalue weighted by molar-refractivity contribution is 6.07. The van der Waals surface area contributed by atoms with E-state index in [1.807, 2.05) is 30.3 Å². The van der Waals surface area contributed by atoms with Gasteiger partial charge in [-0.1, -0.05) is 24.3 Å². The molecule has 3 amide bonds. The molecule has 0 radical (unpaired) electrons.